The molecule has 1 saturated heterocycles. The van der Waals surface area contributed by atoms with Gasteiger partial charge in [-0.2, -0.15) is 0 Å². The van der Waals surface area contributed by atoms with Crippen molar-refractivity contribution in [2.75, 3.05) is 72.3 Å². The number of guanidine groups is 1. The van der Waals surface area contributed by atoms with Crippen LogP contribution in [0.1, 0.15) is 19.8 Å². The van der Waals surface area contributed by atoms with Crippen LogP contribution in [0, 0.1) is 0 Å². The van der Waals surface area contributed by atoms with E-state index in [0.29, 0.717) is 19.6 Å². The normalized spacial score (nSPS) is 18.2. The molecule has 0 saturated carbocycles. The van der Waals surface area contributed by atoms with Gasteiger partial charge in [0.15, 0.2) is 5.96 Å². The molecule has 0 amide bonds. The van der Waals surface area contributed by atoms with Gasteiger partial charge in [0.2, 0.25) is 10.0 Å². The summed E-state index contributed by atoms with van der Waals surface area (Å²) in [5.74, 6) is 1.00. The number of hydrogen-bond acceptors (Lipinski definition) is 5. The van der Waals surface area contributed by atoms with Crippen LogP contribution in [0.15, 0.2) is 4.99 Å². The number of nitrogens with zero attached hydrogens (tertiary/aromatic N) is 3. The van der Waals surface area contributed by atoms with E-state index >= 15 is 0 Å². The number of likely N-dealkylation sites (N-methyl/N-ethyl adjacent to an activating group) is 1. The molecule has 0 bridgehead atoms. The van der Waals surface area contributed by atoms with Crippen molar-refractivity contribution in [1.29, 1.82) is 0 Å². The van der Waals surface area contributed by atoms with Gasteiger partial charge in [-0.25, -0.2) is 12.7 Å². The van der Waals surface area contributed by atoms with Crippen LogP contribution in [0.3, 0.4) is 0 Å². The first-order valence-electron chi connectivity index (χ1n) is 8.67. The first-order chi connectivity index (χ1) is 11.5. The molecule has 2 N–H and O–H groups in total. The van der Waals surface area contributed by atoms with E-state index in [1.54, 1.807) is 7.11 Å². The minimum atomic E-state index is -3.03. The molecular weight excluding hydrogens is 330 g/mol. The Morgan fingerprint density at radius 2 is 2.12 bits per heavy atom. The largest absolute Gasteiger partial charge is 0.385 e. The molecule has 0 aliphatic carbocycles. The molecule has 1 fully saturated rings. The Balaban J connectivity index is 2.29. The molecule has 8 nitrogen and oxygen atoms in total. The number of ether oxygens (including phenoxy) is 1. The number of sulfonamides is 1. The highest BCUT2D eigenvalue weighted by Gasteiger charge is 2.27. The molecule has 1 heterocycles. The zero-order chi connectivity index (χ0) is 17.8. The summed E-state index contributed by atoms with van der Waals surface area (Å²) in [6.07, 6.45) is 1.74. The van der Waals surface area contributed by atoms with Gasteiger partial charge < -0.3 is 20.3 Å². The number of nitrogens with one attached hydrogen (secondary N) is 2. The zero-order valence-corrected chi connectivity index (χ0v) is 16.1. The fraction of sp³-hybridized carbons (Fsp3) is 0.933. The van der Waals surface area contributed by atoms with Crippen LogP contribution in [0.2, 0.25) is 0 Å². The van der Waals surface area contributed by atoms with Crippen molar-refractivity contribution in [3.63, 3.8) is 0 Å². The van der Waals surface area contributed by atoms with E-state index in [1.807, 2.05) is 6.92 Å². The van der Waals surface area contributed by atoms with E-state index < -0.39 is 10.0 Å². The lowest BCUT2D eigenvalue weighted by atomic mass is 10.4. The van der Waals surface area contributed by atoms with Crippen molar-refractivity contribution >= 4 is 16.0 Å². The highest BCUT2D eigenvalue weighted by molar-refractivity contribution is 7.89. The van der Waals surface area contributed by atoms with Gasteiger partial charge in [-0.05, 0) is 26.8 Å². The fourth-order valence-electron chi connectivity index (χ4n) is 2.51. The molecule has 0 spiro atoms. The van der Waals surface area contributed by atoms with E-state index in [4.69, 9.17) is 4.74 Å². The maximum Gasteiger partial charge on any atom is 0.214 e. The lowest BCUT2D eigenvalue weighted by Gasteiger charge is -2.18. The van der Waals surface area contributed by atoms with Gasteiger partial charge in [-0.15, -0.1) is 0 Å². The fourth-order valence-corrected chi connectivity index (χ4v) is 4.03. The van der Waals surface area contributed by atoms with Gasteiger partial charge in [0.1, 0.15) is 0 Å². The second-order valence-corrected chi connectivity index (χ2v) is 7.99. The van der Waals surface area contributed by atoms with Gasteiger partial charge in [-0.1, -0.05) is 0 Å². The molecule has 0 aromatic rings. The smallest absolute Gasteiger partial charge is 0.214 e. The number of aliphatic imine (C=N–C) groups is 1. The van der Waals surface area contributed by atoms with Crippen molar-refractivity contribution in [3.8, 4) is 0 Å². The van der Waals surface area contributed by atoms with Crippen LogP contribution in [-0.2, 0) is 14.8 Å². The lowest BCUT2D eigenvalue weighted by Crippen LogP contribution is -2.41. The SMILES string of the molecule is CCNC(=NCCN1CCCS1(=O)=O)NCCN(C)CCCOC. The summed E-state index contributed by atoms with van der Waals surface area (Å²) in [6.45, 7) is 7.81. The third-order valence-electron chi connectivity index (χ3n) is 3.84. The summed E-state index contributed by atoms with van der Waals surface area (Å²) in [5, 5.41) is 6.47. The average molecular weight is 364 g/mol. The zero-order valence-electron chi connectivity index (χ0n) is 15.3. The highest BCUT2D eigenvalue weighted by Crippen LogP contribution is 2.12. The van der Waals surface area contributed by atoms with Gasteiger partial charge in [0.25, 0.3) is 0 Å². The predicted molar refractivity (Wildman–Crippen MR) is 97.9 cm³/mol. The van der Waals surface area contributed by atoms with Crippen LogP contribution in [0.25, 0.3) is 0 Å². The maximum atomic E-state index is 11.8. The third kappa shape index (κ3) is 8.27. The summed E-state index contributed by atoms with van der Waals surface area (Å²) in [5.41, 5.74) is 0. The van der Waals surface area contributed by atoms with E-state index in [0.717, 1.165) is 51.6 Å². The molecule has 142 valence electrons. The van der Waals surface area contributed by atoms with Crippen molar-refractivity contribution in [1.82, 2.24) is 19.8 Å². The molecule has 1 rings (SSSR count). The van der Waals surface area contributed by atoms with Gasteiger partial charge in [0.05, 0.1) is 12.3 Å². The second-order valence-electron chi connectivity index (χ2n) is 5.91. The molecule has 1 aliphatic heterocycles. The quantitative estimate of drug-likeness (QED) is 0.294. The molecule has 0 aromatic carbocycles. The minimum absolute atomic E-state index is 0.268. The van der Waals surface area contributed by atoms with Crippen LogP contribution < -0.4 is 10.6 Å². The molecule has 9 heteroatoms. The van der Waals surface area contributed by atoms with Gasteiger partial charge in [0, 0.05) is 53.0 Å². The second kappa shape index (κ2) is 11.6. The Morgan fingerprint density at radius 1 is 1.33 bits per heavy atom. The van der Waals surface area contributed by atoms with Gasteiger partial charge >= 0.3 is 0 Å². The van der Waals surface area contributed by atoms with Crippen LogP contribution in [0.4, 0.5) is 0 Å². The minimum Gasteiger partial charge on any atom is -0.385 e. The van der Waals surface area contributed by atoms with Crippen LogP contribution in [-0.4, -0.2) is 95.9 Å². The van der Waals surface area contributed by atoms with Crippen LogP contribution in [0.5, 0.6) is 0 Å². The molecule has 0 aromatic heterocycles. The summed E-state index contributed by atoms with van der Waals surface area (Å²) in [6, 6.07) is 0. The average Bonchev–Trinajstić information content (AvgIpc) is 2.86. The molecular formula is C15H33N5O3S. The van der Waals surface area contributed by atoms with E-state index in [1.165, 1.54) is 4.31 Å². The Hall–Kier alpha value is -0.900. The van der Waals surface area contributed by atoms with E-state index in [2.05, 4.69) is 27.6 Å². The summed E-state index contributed by atoms with van der Waals surface area (Å²) in [7, 11) is 0.769. The topological polar surface area (TPSA) is 86.3 Å². The number of methoxy groups -OCH3 is 1. The van der Waals surface area contributed by atoms with Crippen LogP contribution >= 0.6 is 0 Å². The first-order valence-corrected chi connectivity index (χ1v) is 10.3. The maximum absolute atomic E-state index is 11.8. The standard InChI is InChI=1S/C15H33N5O3S/c1-4-16-15(17-7-11-19(2)9-5-13-23-3)18-8-12-20-10-6-14-24(20,21)22/h4-14H2,1-3H3,(H2,16,17,18). The summed E-state index contributed by atoms with van der Waals surface area (Å²) >= 11 is 0. The van der Waals surface area contributed by atoms with E-state index in [-0.39, 0.29) is 5.75 Å². The first kappa shape index (κ1) is 21.1. The summed E-state index contributed by atoms with van der Waals surface area (Å²) in [4.78, 5) is 6.71. The Kier molecular flexibility index (Phi) is 10.2. The molecule has 0 unspecified atom stereocenters. The van der Waals surface area contributed by atoms with Crippen molar-refractivity contribution in [3.05, 3.63) is 0 Å². The molecule has 0 radical (unpaired) electrons. The Bertz CT molecular complexity index is 470. The number of rotatable bonds is 11. The predicted octanol–water partition coefficient (Wildman–Crippen LogP) is -0.455. The molecule has 0 atom stereocenters. The van der Waals surface area contributed by atoms with E-state index in [9.17, 15) is 8.42 Å². The lowest BCUT2D eigenvalue weighted by molar-refractivity contribution is 0.180. The monoisotopic (exact) mass is 363 g/mol. The van der Waals surface area contributed by atoms with Gasteiger partial charge in [-0.3, -0.25) is 4.99 Å². The van der Waals surface area contributed by atoms with Crippen molar-refractivity contribution < 1.29 is 13.2 Å². The Labute approximate surface area is 146 Å². The Morgan fingerprint density at radius 3 is 2.75 bits per heavy atom. The molecule has 1 aliphatic rings. The number of hydrogen-bond donors (Lipinski definition) is 2. The highest BCUT2D eigenvalue weighted by atomic mass is 32.2. The summed E-state index contributed by atoms with van der Waals surface area (Å²) < 4.78 is 30.1. The third-order valence-corrected chi connectivity index (χ3v) is 5.80. The molecule has 24 heavy (non-hydrogen) atoms. The van der Waals surface area contributed by atoms with Crippen molar-refractivity contribution in [2.45, 2.75) is 19.8 Å². The van der Waals surface area contributed by atoms with Crippen molar-refractivity contribution in [2.24, 2.45) is 4.99 Å².